The van der Waals surface area contributed by atoms with E-state index in [-0.39, 0.29) is 5.91 Å². The molecular weight excluding hydrogens is 939 g/mol. The number of carbonyl (C=O) groups excluding carboxylic acids is 1. The van der Waals surface area contributed by atoms with E-state index >= 15 is 0 Å². The Morgan fingerprint density at radius 3 is 1.34 bits per heavy atom. The van der Waals surface area contributed by atoms with Crippen LogP contribution in [0.1, 0.15) is 135 Å². The summed E-state index contributed by atoms with van der Waals surface area (Å²) in [5.74, 6) is -0.164. The zero-order valence-corrected chi connectivity index (χ0v) is 47.6. The molecule has 5 heterocycles. The van der Waals surface area contributed by atoms with E-state index in [9.17, 15) is 4.79 Å². The first-order valence-electron chi connectivity index (χ1n) is 26.7. The maximum atomic E-state index is 13.7. The van der Waals surface area contributed by atoms with Gasteiger partial charge in [-0.2, -0.15) is 0 Å². The molecule has 5 N–H and O–H groups in total. The lowest BCUT2D eigenvalue weighted by molar-refractivity contribution is 0.102. The number of rotatable bonds is 13. The Hall–Kier alpha value is -8.61. The van der Waals surface area contributed by atoms with Crippen molar-refractivity contribution >= 4 is 41.0 Å². The van der Waals surface area contributed by atoms with Crippen molar-refractivity contribution in [2.24, 2.45) is 0 Å². The summed E-state index contributed by atoms with van der Waals surface area (Å²) < 4.78 is 0. The molecule has 7 aromatic rings. The van der Waals surface area contributed by atoms with Crippen LogP contribution in [0.5, 0.6) is 0 Å². The summed E-state index contributed by atoms with van der Waals surface area (Å²) in [6.07, 6.45) is 33.7. The molecule has 0 saturated carbocycles. The van der Waals surface area contributed by atoms with Gasteiger partial charge in [-0.1, -0.05) is 161 Å². The quantitative estimate of drug-likeness (QED) is 0.0732. The molecule has 0 unspecified atom stereocenters. The standard InChI is InChI=1S/C71H75N5O/c1-15-20-43(2)23-18-24-44(3)21-16-17-22-45(4)25-19-26-46(5)27-30-56-31-35-59(36-32-56)71(77)72-60-39-37-58(38-40-60)66-69-54(13)50(9)63(75-69)41-61-48(7)52(11)67(73-61)65(57-33-28-47(6)29-34-57)68-53(12)49(8)62(74-68)42-64-51(10)55(14)70(66)76-64/h15-42,73-76H,1-14H3,(H,72,77)/b17-16+,20-15+,24-18+,25-19+,30-27+,43-23+,44-21+,45-22+,46-26+,61-41?,62-42?,63-41?,64-42?,67-65?,68-65?,69-66?,70-66?. The lowest BCUT2D eigenvalue weighted by Gasteiger charge is -2.11. The number of benzene rings is 3. The molecule has 390 valence electrons. The van der Waals surface area contributed by atoms with Crippen LogP contribution in [-0.2, 0) is 0 Å². The van der Waals surface area contributed by atoms with Gasteiger partial charge >= 0.3 is 0 Å². The number of amides is 1. The molecule has 6 heteroatoms. The third-order valence-electron chi connectivity index (χ3n) is 15.2. The molecule has 3 aromatic carbocycles. The molecular formula is C71H75N5O. The number of allylic oxidation sites excluding steroid dienone is 17. The molecule has 0 aliphatic carbocycles. The highest BCUT2D eigenvalue weighted by Gasteiger charge is 2.22. The molecule has 6 nitrogen and oxygen atoms in total. The first-order valence-corrected chi connectivity index (χ1v) is 26.7. The van der Waals surface area contributed by atoms with Crippen LogP contribution in [0.3, 0.4) is 0 Å². The number of nitrogens with one attached hydrogen (secondary N) is 5. The summed E-state index contributed by atoms with van der Waals surface area (Å²) in [6, 6.07) is 24.8. The van der Waals surface area contributed by atoms with Crippen molar-refractivity contribution in [1.29, 1.82) is 0 Å². The van der Waals surface area contributed by atoms with Crippen LogP contribution >= 0.6 is 0 Å². The molecule has 4 aromatic heterocycles. The van der Waals surface area contributed by atoms with Crippen LogP contribution in [0, 0.1) is 62.3 Å². The van der Waals surface area contributed by atoms with E-state index in [4.69, 9.17) is 0 Å². The minimum atomic E-state index is -0.164. The second-order valence-electron chi connectivity index (χ2n) is 20.8. The van der Waals surface area contributed by atoms with E-state index in [1.165, 1.54) is 61.2 Å². The highest BCUT2D eigenvalue weighted by atomic mass is 16.1. The number of anilines is 1. The summed E-state index contributed by atoms with van der Waals surface area (Å²) in [7, 11) is 0. The molecule has 0 fully saturated rings. The highest BCUT2D eigenvalue weighted by Crippen LogP contribution is 2.31. The average molecular weight is 1010 g/mol. The normalized spacial score (nSPS) is 13.8. The van der Waals surface area contributed by atoms with Gasteiger partial charge in [-0.3, -0.25) is 4.79 Å². The van der Waals surface area contributed by atoms with E-state index in [1.54, 1.807) is 0 Å². The maximum Gasteiger partial charge on any atom is 0.255 e. The molecule has 8 rings (SSSR count). The number of hydrogen-bond acceptors (Lipinski definition) is 1. The van der Waals surface area contributed by atoms with Crippen molar-refractivity contribution in [3.8, 4) is 0 Å². The van der Waals surface area contributed by atoms with Crippen molar-refractivity contribution < 1.29 is 4.79 Å². The van der Waals surface area contributed by atoms with Gasteiger partial charge in [-0.15, -0.1) is 0 Å². The Morgan fingerprint density at radius 1 is 0.442 bits per heavy atom. The highest BCUT2D eigenvalue weighted by molar-refractivity contribution is 6.04. The fourth-order valence-corrected chi connectivity index (χ4v) is 9.76. The topological polar surface area (TPSA) is 92.3 Å². The van der Waals surface area contributed by atoms with Gasteiger partial charge in [0.05, 0.1) is 22.1 Å². The second kappa shape index (κ2) is 23.9. The van der Waals surface area contributed by atoms with Crippen LogP contribution in [0.15, 0.2) is 174 Å². The molecule has 1 aliphatic rings. The van der Waals surface area contributed by atoms with E-state index < -0.39 is 0 Å². The van der Waals surface area contributed by atoms with Gasteiger partial charge in [0.2, 0.25) is 0 Å². The third kappa shape index (κ3) is 12.4. The monoisotopic (exact) mass is 1010 g/mol. The SMILES string of the molecule is C/C=C/C(C)=C/C=C/C(C)=C/C=C/C=C(C)/C=C/C=C(C)/C=C/c1ccc(C(=O)Nc2ccc(C3=c4[nH]c(c(C)c4C)=Cc4[nH]c(c(C)c4C)C(c4ccc(C)cc4)=c4[nH]c(c(C)c4C)=Cc4[nH]c3c(C)c4C)cc2)cc1. The summed E-state index contributed by atoms with van der Waals surface area (Å²) in [5, 5.41) is 7.43. The van der Waals surface area contributed by atoms with Gasteiger partial charge in [-0.05, 0) is 195 Å². The first-order chi connectivity index (χ1) is 36.9. The number of aromatic amines is 4. The Kier molecular flexibility index (Phi) is 17.0. The summed E-state index contributed by atoms with van der Waals surface area (Å²) in [5.41, 5.74) is 26.5. The van der Waals surface area contributed by atoms with Crippen molar-refractivity contribution in [3.05, 3.63) is 291 Å². The molecule has 8 bridgehead atoms. The Morgan fingerprint density at radius 2 is 0.870 bits per heavy atom. The van der Waals surface area contributed by atoms with Crippen LogP contribution in [0.2, 0.25) is 0 Å². The molecule has 1 amide bonds. The van der Waals surface area contributed by atoms with Gasteiger partial charge in [-0.25, -0.2) is 0 Å². The van der Waals surface area contributed by atoms with E-state index in [1.807, 2.05) is 49.4 Å². The zero-order valence-electron chi connectivity index (χ0n) is 47.6. The number of hydrogen-bond donors (Lipinski definition) is 5. The molecule has 0 saturated heterocycles. The van der Waals surface area contributed by atoms with E-state index in [0.717, 1.165) is 88.8 Å². The summed E-state index contributed by atoms with van der Waals surface area (Å²) in [4.78, 5) is 29.3. The van der Waals surface area contributed by atoms with Gasteiger partial charge in [0.15, 0.2) is 0 Å². The Bertz CT molecular complexity index is 3940. The number of H-pyrrole nitrogens is 4. The van der Waals surface area contributed by atoms with Gasteiger partial charge < -0.3 is 25.3 Å². The van der Waals surface area contributed by atoms with Crippen LogP contribution < -0.4 is 26.7 Å². The fourth-order valence-electron chi connectivity index (χ4n) is 9.76. The minimum Gasteiger partial charge on any atom is -0.354 e. The number of aryl methyl sites for hydroxylation is 1. The molecule has 0 atom stereocenters. The Labute approximate surface area is 456 Å². The third-order valence-corrected chi connectivity index (χ3v) is 15.2. The molecule has 77 heavy (non-hydrogen) atoms. The first kappa shape index (κ1) is 54.6. The van der Waals surface area contributed by atoms with Crippen LogP contribution in [-0.4, -0.2) is 25.8 Å². The Balaban J connectivity index is 1.04. The van der Waals surface area contributed by atoms with Crippen molar-refractivity contribution in [1.82, 2.24) is 19.9 Å². The maximum absolute atomic E-state index is 13.7. The second-order valence-corrected chi connectivity index (χ2v) is 20.8. The predicted molar refractivity (Wildman–Crippen MR) is 328 cm³/mol. The fraction of sp³-hybridized carbons (Fsp3) is 0.197. The van der Waals surface area contributed by atoms with E-state index in [0.29, 0.717) is 5.56 Å². The van der Waals surface area contributed by atoms with Crippen LogP contribution in [0.4, 0.5) is 5.69 Å². The largest absolute Gasteiger partial charge is 0.354 e. The molecule has 1 aliphatic heterocycles. The van der Waals surface area contributed by atoms with E-state index in [2.05, 4.69) is 243 Å². The zero-order chi connectivity index (χ0) is 55.1. The predicted octanol–water partition coefficient (Wildman–Crippen LogP) is 14.5. The lowest BCUT2D eigenvalue weighted by atomic mass is 9.96. The van der Waals surface area contributed by atoms with Crippen molar-refractivity contribution in [3.63, 3.8) is 0 Å². The molecule has 0 spiro atoms. The van der Waals surface area contributed by atoms with Crippen LogP contribution in [0.25, 0.3) is 29.4 Å². The lowest BCUT2D eigenvalue weighted by Crippen LogP contribution is -2.18. The average Bonchev–Trinajstić information content (AvgIpc) is 4.07. The van der Waals surface area contributed by atoms with Gasteiger partial charge in [0.25, 0.3) is 5.91 Å². The number of fused-ring (bicyclic) bond motifs is 8. The molecule has 0 radical (unpaired) electrons. The van der Waals surface area contributed by atoms with Crippen molar-refractivity contribution in [2.45, 2.75) is 96.9 Å². The van der Waals surface area contributed by atoms with Gasteiger partial charge in [0.1, 0.15) is 0 Å². The minimum absolute atomic E-state index is 0.164. The number of carbonyl (C=O) groups is 1. The van der Waals surface area contributed by atoms with Crippen molar-refractivity contribution in [2.75, 3.05) is 5.32 Å². The summed E-state index contributed by atoms with van der Waals surface area (Å²) >= 11 is 0. The van der Waals surface area contributed by atoms with Gasteiger partial charge in [0, 0.05) is 44.5 Å². The summed E-state index contributed by atoms with van der Waals surface area (Å²) in [6.45, 7) is 30.2. The number of aromatic nitrogens is 4. The smallest absolute Gasteiger partial charge is 0.255 e.